The Balaban J connectivity index is 1.67. The van der Waals surface area contributed by atoms with Gasteiger partial charge in [-0.1, -0.05) is 6.92 Å². The summed E-state index contributed by atoms with van der Waals surface area (Å²) in [4.78, 5) is 42.7. The average Bonchev–Trinajstić information content (AvgIpc) is 3.32. The molecule has 0 saturated carbocycles. The van der Waals surface area contributed by atoms with Gasteiger partial charge in [0.1, 0.15) is 17.4 Å². The topological polar surface area (TPSA) is 117 Å². The number of rotatable bonds is 10. The zero-order valence-electron chi connectivity index (χ0n) is 21.9. The van der Waals surface area contributed by atoms with Gasteiger partial charge in [-0.15, -0.1) is 0 Å². The lowest BCUT2D eigenvalue weighted by Gasteiger charge is -2.36. The lowest BCUT2D eigenvalue weighted by molar-refractivity contribution is -0.146. The Morgan fingerprint density at radius 3 is 2.53 bits per heavy atom. The van der Waals surface area contributed by atoms with Crippen molar-refractivity contribution < 1.29 is 29.0 Å². The Hall–Kier alpha value is -2.65. The molecular formula is C27H39N3O6. The van der Waals surface area contributed by atoms with Crippen molar-refractivity contribution in [1.82, 2.24) is 10.2 Å². The minimum atomic E-state index is -1.07. The Morgan fingerprint density at radius 2 is 1.92 bits per heavy atom. The molecule has 3 heterocycles. The molecule has 9 heteroatoms. The van der Waals surface area contributed by atoms with Crippen molar-refractivity contribution >= 4 is 23.4 Å². The first kappa shape index (κ1) is 26.4. The van der Waals surface area contributed by atoms with E-state index in [1.807, 2.05) is 34.6 Å². The summed E-state index contributed by atoms with van der Waals surface area (Å²) in [5, 5.41) is 15.2. The van der Waals surface area contributed by atoms with Gasteiger partial charge < -0.3 is 30.1 Å². The van der Waals surface area contributed by atoms with Gasteiger partial charge in [0.15, 0.2) is 0 Å². The highest BCUT2D eigenvalue weighted by Crippen LogP contribution is 2.65. The van der Waals surface area contributed by atoms with Crippen molar-refractivity contribution in [3.05, 3.63) is 24.3 Å². The van der Waals surface area contributed by atoms with Crippen LogP contribution in [-0.4, -0.2) is 70.8 Å². The Bertz CT molecular complexity index is 998. The first-order valence-corrected chi connectivity index (χ1v) is 13.0. The van der Waals surface area contributed by atoms with Gasteiger partial charge in [-0.2, -0.15) is 0 Å². The number of hydrogen-bond acceptors (Lipinski definition) is 6. The number of aliphatic hydroxyl groups is 1. The van der Waals surface area contributed by atoms with Gasteiger partial charge in [0, 0.05) is 24.9 Å². The van der Waals surface area contributed by atoms with Crippen LogP contribution in [0.2, 0.25) is 0 Å². The van der Waals surface area contributed by atoms with Crippen LogP contribution < -0.4 is 15.4 Å². The Labute approximate surface area is 212 Å². The van der Waals surface area contributed by atoms with Crippen molar-refractivity contribution in [2.45, 2.75) is 77.2 Å². The van der Waals surface area contributed by atoms with Gasteiger partial charge in [0.05, 0.1) is 24.0 Å². The molecule has 6 atom stereocenters. The van der Waals surface area contributed by atoms with Crippen molar-refractivity contribution in [3.8, 4) is 5.75 Å². The molecule has 4 rings (SSSR count). The summed E-state index contributed by atoms with van der Waals surface area (Å²) in [5.41, 5.74) is -1.33. The number of amides is 3. The molecule has 3 amide bonds. The molecule has 2 bridgehead atoms. The normalized spacial score (nSPS) is 32.6. The van der Waals surface area contributed by atoms with Crippen LogP contribution in [0, 0.1) is 17.8 Å². The van der Waals surface area contributed by atoms with E-state index in [-0.39, 0.29) is 36.3 Å². The van der Waals surface area contributed by atoms with E-state index >= 15 is 0 Å². The molecule has 3 aliphatic heterocycles. The predicted molar refractivity (Wildman–Crippen MR) is 134 cm³/mol. The molecule has 3 aliphatic rings. The Morgan fingerprint density at radius 1 is 1.22 bits per heavy atom. The summed E-state index contributed by atoms with van der Waals surface area (Å²) >= 11 is 0. The number of aliphatic hydroxyl groups excluding tert-OH is 1. The van der Waals surface area contributed by atoms with E-state index in [0.717, 1.165) is 0 Å². The molecule has 0 aromatic heterocycles. The highest BCUT2D eigenvalue weighted by atomic mass is 16.5. The average molecular weight is 502 g/mol. The molecule has 1 spiro atoms. The second-order valence-electron chi connectivity index (χ2n) is 10.8. The number of carbonyl (C=O) groups is 3. The minimum absolute atomic E-state index is 0.0121. The van der Waals surface area contributed by atoms with E-state index in [4.69, 9.17) is 9.47 Å². The first-order valence-electron chi connectivity index (χ1n) is 13.0. The summed E-state index contributed by atoms with van der Waals surface area (Å²) in [5.74, 6) is -1.57. The van der Waals surface area contributed by atoms with Crippen molar-refractivity contribution in [3.63, 3.8) is 0 Å². The van der Waals surface area contributed by atoms with Crippen LogP contribution in [0.1, 0.15) is 53.9 Å². The number of benzene rings is 1. The number of hydrogen-bond donors (Lipinski definition) is 3. The third kappa shape index (κ3) is 4.26. The van der Waals surface area contributed by atoms with E-state index in [1.54, 1.807) is 29.2 Å². The van der Waals surface area contributed by atoms with Crippen LogP contribution >= 0.6 is 0 Å². The number of nitrogens with zero attached hydrogens (tertiary/aromatic N) is 1. The monoisotopic (exact) mass is 501 g/mol. The number of likely N-dealkylation sites (tertiary alicyclic amines) is 1. The van der Waals surface area contributed by atoms with Gasteiger partial charge in [-0.25, -0.2) is 0 Å². The zero-order chi connectivity index (χ0) is 26.3. The van der Waals surface area contributed by atoms with Gasteiger partial charge in [0.25, 0.3) is 0 Å². The van der Waals surface area contributed by atoms with Crippen LogP contribution in [0.4, 0.5) is 5.69 Å². The van der Waals surface area contributed by atoms with Gasteiger partial charge in [-0.05, 0) is 77.1 Å². The van der Waals surface area contributed by atoms with Crippen LogP contribution in [0.3, 0.4) is 0 Å². The fourth-order valence-corrected chi connectivity index (χ4v) is 6.46. The van der Waals surface area contributed by atoms with Crippen LogP contribution in [0.5, 0.6) is 5.75 Å². The van der Waals surface area contributed by atoms with E-state index in [2.05, 4.69) is 10.6 Å². The SMILES string of the molecule is CCOc1ccc(NC(=O)[C@@H]2[C@H]3C(=O)N(CCCCO)C(C(=O)NC(C)C)C34CC(C)[C@@]2(C)O4)cc1. The molecule has 0 radical (unpaired) electrons. The summed E-state index contributed by atoms with van der Waals surface area (Å²) in [7, 11) is 0. The lowest BCUT2D eigenvalue weighted by atomic mass is 9.62. The molecule has 36 heavy (non-hydrogen) atoms. The van der Waals surface area contributed by atoms with Gasteiger partial charge in [-0.3, -0.25) is 14.4 Å². The number of unbranched alkanes of at least 4 members (excludes halogenated alkanes) is 1. The highest BCUT2D eigenvalue weighted by Gasteiger charge is 2.79. The third-order valence-electron chi connectivity index (χ3n) is 8.02. The second kappa shape index (κ2) is 10.0. The number of ether oxygens (including phenoxy) is 2. The third-order valence-corrected chi connectivity index (χ3v) is 8.02. The predicted octanol–water partition coefficient (Wildman–Crippen LogP) is 2.33. The molecular weight excluding hydrogens is 462 g/mol. The van der Waals surface area contributed by atoms with Crippen molar-refractivity contribution in [2.75, 3.05) is 25.1 Å². The largest absolute Gasteiger partial charge is 0.494 e. The lowest BCUT2D eigenvalue weighted by Crippen LogP contribution is -2.56. The summed E-state index contributed by atoms with van der Waals surface area (Å²) in [6.45, 7) is 10.5. The maximum absolute atomic E-state index is 13.9. The molecule has 9 nitrogen and oxygen atoms in total. The van der Waals surface area contributed by atoms with E-state index in [1.165, 1.54) is 0 Å². The minimum Gasteiger partial charge on any atom is -0.494 e. The number of fused-ring (bicyclic) bond motifs is 1. The molecule has 3 saturated heterocycles. The summed E-state index contributed by atoms with van der Waals surface area (Å²) in [6, 6.07) is 6.21. The number of nitrogens with one attached hydrogen (secondary N) is 2. The highest BCUT2D eigenvalue weighted by molar-refractivity contribution is 6.02. The van der Waals surface area contributed by atoms with E-state index in [0.29, 0.717) is 43.9 Å². The maximum atomic E-state index is 13.9. The number of anilines is 1. The van der Waals surface area contributed by atoms with Crippen LogP contribution in [-0.2, 0) is 19.1 Å². The van der Waals surface area contributed by atoms with Gasteiger partial charge >= 0.3 is 0 Å². The zero-order valence-corrected chi connectivity index (χ0v) is 21.9. The fraction of sp³-hybridized carbons (Fsp3) is 0.667. The molecule has 3 N–H and O–H groups in total. The first-order chi connectivity index (χ1) is 17.1. The quantitative estimate of drug-likeness (QED) is 0.424. The molecule has 0 aliphatic carbocycles. The number of carbonyl (C=O) groups excluding carboxylic acids is 3. The molecule has 198 valence electrons. The maximum Gasteiger partial charge on any atom is 0.246 e. The fourth-order valence-electron chi connectivity index (χ4n) is 6.46. The van der Waals surface area contributed by atoms with Crippen LogP contribution in [0.25, 0.3) is 0 Å². The van der Waals surface area contributed by atoms with Crippen LogP contribution in [0.15, 0.2) is 24.3 Å². The summed E-state index contributed by atoms with van der Waals surface area (Å²) in [6.07, 6.45) is 1.61. The van der Waals surface area contributed by atoms with Crippen molar-refractivity contribution in [2.24, 2.45) is 17.8 Å². The molecule has 3 fully saturated rings. The molecule has 1 aromatic rings. The molecule has 1 aromatic carbocycles. The smallest absolute Gasteiger partial charge is 0.246 e. The van der Waals surface area contributed by atoms with E-state index in [9.17, 15) is 19.5 Å². The van der Waals surface area contributed by atoms with E-state index < -0.39 is 29.1 Å². The standard InChI is InChI=1S/C27H39N3O6/c1-6-35-19-11-9-18(10-12-19)29-23(32)20-21-25(34)30(13-7-8-14-31)22(24(33)28-16(2)3)27(21)15-17(4)26(20,5)36-27/h9-12,16-17,20-22,31H,6-8,13-15H2,1-5H3,(H,28,33)(H,29,32)/t17?,20-,21-,22?,26+,27?/m0/s1. The second-order valence-corrected chi connectivity index (χ2v) is 10.8. The van der Waals surface area contributed by atoms with Gasteiger partial charge in [0.2, 0.25) is 17.7 Å². The van der Waals surface area contributed by atoms with Crippen molar-refractivity contribution in [1.29, 1.82) is 0 Å². The summed E-state index contributed by atoms with van der Waals surface area (Å²) < 4.78 is 12.2. The Kier molecular flexibility index (Phi) is 7.35. The molecule has 3 unspecified atom stereocenters.